The van der Waals surface area contributed by atoms with Crippen molar-refractivity contribution < 1.29 is 4.79 Å². The molecular weight excluding hydrogens is 308 g/mol. The highest BCUT2D eigenvalue weighted by Crippen LogP contribution is 2.11. The van der Waals surface area contributed by atoms with Crippen molar-refractivity contribution in [3.8, 4) is 0 Å². The molecule has 1 aromatic heterocycles. The molecule has 0 aliphatic heterocycles. The minimum atomic E-state index is -0.199. The smallest absolute Gasteiger partial charge is 0.254 e. The number of benzene rings is 1. The van der Waals surface area contributed by atoms with Gasteiger partial charge in [-0.3, -0.25) is 14.2 Å². The van der Waals surface area contributed by atoms with E-state index in [1.165, 1.54) is 10.6 Å². The van der Waals surface area contributed by atoms with Gasteiger partial charge in [-0.1, -0.05) is 28.1 Å². The Hall–Kier alpha value is -1.75. The quantitative estimate of drug-likeness (QED) is 0.816. The Kier molecular flexibility index (Phi) is 3.95. The van der Waals surface area contributed by atoms with E-state index in [9.17, 15) is 9.59 Å². The fraction of sp³-hybridized carbons (Fsp3) is 0.214. The van der Waals surface area contributed by atoms with Crippen molar-refractivity contribution >= 4 is 21.7 Å². The lowest BCUT2D eigenvalue weighted by atomic mass is 10.1. The first-order valence-corrected chi connectivity index (χ1v) is 6.60. The molecule has 0 amide bonds. The number of carbonyl (C=O) groups excluding carboxylic acids is 1. The minimum Gasteiger partial charge on any atom is -0.292 e. The van der Waals surface area contributed by atoms with Crippen LogP contribution < -0.4 is 5.56 Å². The van der Waals surface area contributed by atoms with Crippen LogP contribution in [0.15, 0.2) is 39.6 Å². The van der Waals surface area contributed by atoms with Gasteiger partial charge in [-0.15, -0.1) is 0 Å². The third kappa shape index (κ3) is 3.17. The lowest BCUT2D eigenvalue weighted by Gasteiger charge is -2.08. The largest absolute Gasteiger partial charge is 0.292 e. The Bertz CT molecular complexity index is 675. The number of nitrogens with zero attached hydrogens (tertiary/aromatic N) is 2. The van der Waals surface area contributed by atoms with Crippen LogP contribution in [-0.2, 0) is 6.54 Å². The summed E-state index contributed by atoms with van der Waals surface area (Å²) < 4.78 is 2.30. The summed E-state index contributed by atoms with van der Waals surface area (Å²) in [6, 6.07) is 8.50. The number of hydrogen-bond acceptors (Lipinski definition) is 3. The molecular formula is C14H13BrN2O2. The lowest BCUT2D eigenvalue weighted by Crippen LogP contribution is -2.27. The Balaban J connectivity index is 2.29. The lowest BCUT2D eigenvalue weighted by molar-refractivity contribution is 0.0969. The van der Waals surface area contributed by atoms with Gasteiger partial charge in [-0.05, 0) is 26.0 Å². The molecule has 2 rings (SSSR count). The molecule has 0 bridgehead atoms. The molecule has 0 fully saturated rings. The standard InChI is InChI=1S/C14H13BrN2O2/c1-9-7-14(19)17(10(2)16-9)8-13(18)11-3-5-12(15)6-4-11/h3-7H,8H2,1-2H3. The summed E-state index contributed by atoms with van der Waals surface area (Å²) in [6.07, 6.45) is 0. The Morgan fingerprint density at radius 1 is 1.26 bits per heavy atom. The van der Waals surface area contributed by atoms with Crippen molar-refractivity contribution in [1.29, 1.82) is 0 Å². The molecule has 1 heterocycles. The van der Waals surface area contributed by atoms with Crippen LogP contribution in [0.25, 0.3) is 0 Å². The zero-order chi connectivity index (χ0) is 14.0. The van der Waals surface area contributed by atoms with Gasteiger partial charge in [0.1, 0.15) is 5.82 Å². The molecule has 0 saturated carbocycles. The normalized spacial score (nSPS) is 10.5. The van der Waals surface area contributed by atoms with Crippen LogP contribution in [0.2, 0.25) is 0 Å². The molecule has 0 atom stereocenters. The fourth-order valence-corrected chi connectivity index (χ4v) is 2.09. The van der Waals surface area contributed by atoms with Gasteiger partial charge < -0.3 is 0 Å². The van der Waals surface area contributed by atoms with Crippen LogP contribution in [-0.4, -0.2) is 15.3 Å². The highest BCUT2D eigenvalue weighted by Gasteiger charge is 2.10. The van der Waals surface area contributed by atoms with E-state index in [4.69, 9.17) is 0 Å². The second kappa shape index (κ2) is 5.48. The van der Waals surface area contributed by atoms with Gasteiger partial charge in [0.15, 0.2) is 5.78 Å². The number of aromatic nitrogens is 2. The molecule has 19 heavy (non-hydrogen) atoms. The first-order valence-electron chi connectivity index (χ1n) is 5.81. The molecule has 0 radical (unpaired) electrons. The Labute approximate surface area is 119 Å². The SMILES string of the molecule is Cc1cc(=O)n(CC(=O)c2ccc(Br)cc2)c(C)n1. The Morgan fingerprint density at radius 2 is 1.89 bits per heavy atom. The van der Waals surface area contributed by atoms with E-state index in [1.807, 2.05) is 0 Å². The van der Waals surface area contributed by atoms with Crippen molar-refractivity contribution in [2.45, 2.75) is 20.4 Å². The van der Waals surface area contributed by atoms with E-state index >= 15 is 0 Å². The molecule has 1 aromatic carbocycles. The molecule has 0 N–H and O–H groups in total. The van der Waals surface area contributed by atoms with Crippen molar-refractivity contribution in [2.75, 3.05) is 0 Å². The number of hydrogen-bond donors (Lipinski definition) is 0. The van der Waals surface area contributed by atoms with Crippen molar-refractivity contribution in [3.05, 3.63) is 62.2 Å². The third-order valence-electron chi connectivity index (χ3n) is 2.80. The van der Waals surface area contributed by atoms with Crippen LogP contribution >= 0.6 is 15.9 Å². The molecule has 2 aromatic rings. The van der Waals surface area contributed by atoms with Crippen molar-refractivity contribution in [1.82, 2.24) is 9.55 Å². The summed E-state index contributed by atoms with van der Waals surface area (Å²) in [4.78, 5) is 28.2. The van der Waals surface area contributed by atoms with E-state index in [-0.39, 0.29) is 17.9 Å². The number of rotatable bonds is 3. The monoisotopic (exact) mass is 320 g/mol. The Morgan fingerprint density at radius 3 is 2.47 bits per heavy atom. The van der Waals surface area contributed by atoms with Gasteiger partial charge in [0.2, 0.25) is 0 Å². The molecule has 0 saturated heterocycles. The van der Waals surface area contributed by atoms with Crippen LogP contribution in [0.1, 0.15) is 21.9 Å². The van der Waals surface area contributed by atoms with E-state index in [2.05, 4.69) is 20.9 Å². The second-order valence-electron chi connectivity index (χ2n) is 4.30. The molecule has 4 nitrogen and oxygen atoms in total. The van der Waals surface area contributed by atoms with E-state index in [0.717, 1.165) is 4.47 Å². The van der Waals surface area contributed by atoms with Gasteiger partial charge in [-0.25, -0.2) is 4.98 Å². The molecule has 0 aliphatic rings. The van der Waals surface area contributed by atoms with Gasteiger partial charge in [-0.2, -0.15) is 0 Å². The number of Topliss-reactive ketones (excluding diaryl/α,β-unsaturated/α-hetero) is 1. The zero-order valence-electron chi connectivity index (χ0n) is 10.7. The van der Waals surface area contributed by atoms with E-state index in [1.54, 1.807) is 38.1 Å². The fourth-order valence-electron chi connectivity index (χ4n) is 1.83. The first kappa shape index (κ1) is 13.7. The predicted molar refractivity (Wildman–Crippen MR) is 76.4 cm³/mol. The highest BCUT2D eigenvalue weighted by atomic mass is 79.9. The first-order chi connectivity index (χ1) is 8.97. The van der Waals surface area contributed by atoms with Crippen LogP contribution in [0, 0.1) is 13.8 Å². The summed E-state index contributed by atoms with van der Waals surface area (Å²) in [5, 5.41) is 0. The molecule has 0 aliphatic carbocycles. The minimum absolute atomic E-state index is 0.0135. The van der Waals surface area contributed by atoms with E-state index < -0.39 is 0 Å². The number of halogens is 1. The zero-order valence-corrected chi connectivity index (χ0v) is 12.3. The molecule has 5 heteroatoms. The maximum Gasteiger partial charge on any atom is 0.254 e. The van der Waals surface area contributed by atoms with Gasteiger partial charge in [0.25, 0.3) is 5.56 Å². The van der Waals surface area contributed by atoms with Gasteiger partial charge >= 0.3 is 0 Å². The summed E-state index contributed by atoms with van der Waals surface area (Å²) in [5.41, 5.74) is 1.04. The van der Waals surface area contributed by atoms with Crippen molar-refractivity contribution in [3.63, 3.8) is 0 Å². The summed E-state index contributed by atoms with van der Waals surface area (Å²) in [6.45, 7) is 3.50. The molecule has 0 unspecified atom stereocenters. The average molecular weight is 321 g/mol. The predicted octanol–water partition coefficient (Wildman–Crippen LogP) is 2.51. The van der Waals surface area contributed by atoms with Crippen LogP contribution in [0.3, 0.4) is 0 Å². The number of carbonyl (C=O) groups is 1. The molecule has 0 spiro atoms. The number of ketones is 1. The van der Waals surface area contributed by atoms with Gasteiger partial charge in [0.05, 0.1) is 6.54 Å². The number of aryl methyl sites for hydroxylation is 2. The highest BCUT2D eigenvalue weighted by molar-refractivity contribution is 9.10. The van der Waals surface area contributed by atoms with Crippen LogP contribution in [0.5, 0.6) is 0 Å². The van der Waals surface area contributed by atoms with Crippen molar-refractivity contribution in [2.24, 2.45) is 0 Å². The maximum atomic E-state index is 12.1. The van der Waals surface area contributed by atoms with E-state index in [0.29, 0.717) is 17.1 Å². The summed E-state index contributed by atoms with van der Waals surface area (Å²) in [7, 11) is 0. The average Bonchev–Trinajstić information content (AvgIpc) is 2.34. The summed E-state index contributed by atoms with van der Waals surface area (Å²) in [5.74, 6) is 0.443. The van der Waals surface area contributed by atoms with Gasteiger partial charge in [0, 0.05) is 21.8 Å². The maximum absolute atomic E-state index is 12.1. The second-order valence-corrected chi connectivity index (χ2v) is 5.21. The topological polar surface area (TPSA) is 52.0 Å². The van der Waals surface area contributed by atoms with Crippen LogP contribution in [0.4, 0.5) is 0 Å². The molecule has 98 valence electrons. The third-order valence-corrected chi connectivity index (χ3v) is 3.32. The summed E-state index contributed by atoms with van der Waals surface area (Å²) >= 11 is 3.32.